The fraction of sp³-hybridized carbons (Fsp3) is 0.357. The lowest BCUT2D eigenvalue weighted by atomic mass is 10.3. The molecule has 20 heavy (non-hydrogen) atoms. The van der Waals surface area contributed by atoms with Crippen LogP contribution in [-0.2, 0) is 0 Å². The summed E-state index contributed by atoms with van der Waals surface area (Å²) in [6.45, 7) is 3.96. The fourth-order valence-electron chi connectivity index (χ4n) is 1.52. The van der Waals surface area contributed by atoms with E-state index in [-0.39, 0.29) is 6.61 Å². The van der Waals surface area contributed by atoms with E-state index in [1.165, 1.54) is 11.8 Å². The van der Waals surface area contributed by atoms with Crippen molar-refractivity contribution < 1.29 is 14.3 Å². The second kappa shape index (κ2) is 6.67. The van der Waals surface area contributed by atoms with Gasteiger partial charge in [0, 0.05) is 17.5 Å². The molecule has 0 spiro atoms. The number of hydrogen-bond donors (Lipinski definition) is 2. The summed E-state index contributed by atoms with van der Waals surface area (Å²) in [7, 11) is 0. The van der Waals surface area contributed by atoms with Crippen LogP contribution in [0.2, 0.25) is 0 Å². The van der Waals surface area contributed by atoms with Crippen LogP contribution >= 0.6 is 11.8 Å². The van der Waals surface area contributed by atoms with Crippen molar-refractivity contribution >= 4 is 17.4 Å². The number of rotatable bonds is 6. The number of aromatic nitrogens is 1. The molecular weight excluding hydrogens is 276 g/mol. The molecule has 0 fully saturated rings. The molecule has 0 aliphatic rings. The quantitative estimate of drug-likeness (QED) is 0.629. The molecule has 1 aromatic heterocycles. The highest BCUT2D eigenvalue weighted by Crippen LogP contribution is 2.21. The van der Waals surface area contributed by atoms with Crippen LogP contribution in [0.25, 0.3) is 0 Å². The maximum Gasteiger partial charge on any atom is 0.256 e. The van der Waals surface area contributed by atoms with E-state index in [1.807, 2.05) is 19.9 Å². The second-order valence-corrected chi connectivity index (χ2v) is 5.44. The number of nitrogens with zero attached hydrogens (tertiary/aromatic N) is 1. The number of aryl methyl sites for hydroxylation is 2. The first-order chi connectivity index (χ1) is 9.54. The highest BCUT2D eigenvalue weighted by atomic mass is 32.2. The van der Waals surface area contributed by atoms with E-state index in [1.54, 1.807) is 18.2 Å². The number of oxazole rings is 1. The lowest BCUT2D eigenvalue weighted by molar-refractivity contribution is 0.126. The van der Waals surface area contributed by atoms with Gasteiger partial charge in [-0.05, 0) is 26.0 Å². The van der Waals surface area contributed by atoms with Gasteiger partial charge in [0.2, 0.25) is 0 Å². The molecule has 1 heterocycles. The van der Waals surface area contributed by atoms with Crippen molar-refractivity contribution in [2.24, 2.45) is 0 Å². The number of nitrogen functional groups attached to an aromatic ring is 1. The summed E-state index contributed by atoms with van der Waals surface area (Å²) in [5.41, 5.74) is 7.16. The van der Waals surface area contributed by atoms with Crippen molar-refractivity contribution in [2.75, 3.05) is 18.1 Å². The summed E-state index contributed by atoms with van der Waals surface area (Å²) < 4.78 is 10.9. The minimum atomic E-state index is -0.603. The van der Waals surface area contributed by atoms with Gasteiger partial charge < -0.3 is 20.0 Å². The molecule has 108 valence electrons. The predicted octanol–water partition coefficient (Wildman–Crippen LogP) is 2.41. The zero-order chi connectivity index (χ0) is 14.5. The zero-order valence-electron chi connectivity index (χ0n) is 11.5. The summed E-state index contributed by atoms with van der Waals surface area (Å²) in [5, 5.41) is 10.4. The van der Waals surface area contributed by atoms with Gasteiger partial charge in [0.15, 0.2) is 0 Å². The number of aliphatic hydroxyl groups excluding tert-OH is 1. The number of benzene rings is 1. The van der Waals surface area contributed by atoms with Crippen molar-refractivity contribution in [1.82, 2.24) is 4.98 Å². The van der Waals surface area contributed by atoms with E-state index in [0.717, 1.165) is 11.5 Å². The summed E-state index contributed by atoms with van der Waals surface area (Å²) >= 11 is 1.37. The van der Waals surface area contributed by atoms with Crippen LogP contribution < -0.4 is 10.5 Å². The Hall–Kier alpha value is -1.66. The van der Waals surface area contributed by atoms with Crippen molar-refractivity contribution in [3.63, 3.8) is 0 Å². The van der Waals surface area contributed by atoms with Crippen LogP contribution in [0.1, 0.15) is 11.5 Å². The van der Waals surface area contributed by atoms with E-state index >= 15 is 0 Å². The van der Waals surface area contributed by atoms with E-state index in [2.05, 4.69) is 4.98 Å². The number of aliphatic hydroxyl groups is 1. The molecule has 1 unspecified atom stereocenters. The molecule has 2 aromatic rings. The first kappa shape index (κ1) is 14.7. The van der Waals surface area contributed by atoms with Gasteiger partial charge in [-0.1, -0.05) is 17.8 Å². The van der Waals surface area contributed by atoms with E-state index in [0.29, 0.717) is 22.4 Å². The highest BCUT2D eigenvalue weighted by molar-refractivity contribution is 7.99. The molecule has 0 amide bonds. The first-order valence-corrected chi connectivity index (χ1v) is 7.26. The van der Waals surface area contributed by atoms with Gasteiger partial charge >= 0.3 is 0 Å². The molecule has 0 saturated heterocycles. The van der Waals surface area contributed by atoms with Crippen molar-refractivity contribution in [3.8, 4) is 5.75 Å². The monoisotopic (exact) mass is 294 g/mol. The van der Waals surface area contributed by atoms with Gasteiger partial charge in [-0.25, -0.2) is 4.98 Å². The Kier molecular flexibility index (Phi) is 4.92. The third-order valence-corrected chi connectivity index (χ3v) is 3.68. The number of hydrogen-bond acceptors (Lipinski definition) is 6. The van der Waals surface area contributed by atoms with Crippen LogP contribution in [0.15, 0.2) is 33.9 Å². The summed E-state index contributed by atoms with van der Waals surface area (Å²) in [6, 6.07) is 7.12. The standard InChI is InChI=1S/C14H18N2O3S/c1-9-10(2)19-14(16-9)20-8-12(17)7-18-13-5-3-4-11(15)6-13/h3-6,12,17H,7-8,15H2,1-2H3. The third-order valence-electron chi connectivity index (χ3n) is 2.71. The van der Waals surface area contributed by atoms with Gasteiger partial charge in [-0.3, -0.25) is 0 Å². The van der Waals surface area contributed by atoms with Crippen molar-refractivity contribution in [1.29, 1.82) is 0 Å². The lowest BCUT2D eigenvalue weighted by Gasteiger charge is -2.11. The zero-order valence-corrected chi connectivity index (χ0v) is 12.3. The molecule has 2 rings (SSSR count). The molecule has 1 atom stereocenters. The molecule has 1 aromatic carbocycles. The van der Waals surface area contributed by atoms with Crippen LogP contribution in [0, 0.1) is 13.8 Å². The second-order valence-electron chi connectivity index (χ2n) is 4.47. The minimum absolute atomic E-state index is 0.203. The third kappa shape index (κ3) is 4.18. The number of ether oxygens (including phenoxy) is 1. The highest BCUT2D eigenvalue weighted by Gasteiger charge is 2.11. The summed E-state index contributed by atoms with van der Waals surface area (Å²) in [5.74, 6) is 1.91. The maximum absolute atomic E-state index is 9.87. The Bertz CT molecular complexity index is 552. The van der Waals surface area contributed by atoms with Gasteiger partial charge in [0.1, 0.15) is 18.1 Å². The predicted molar refractivity (Wildman–Crippen MR) is 79.1 cm³/mol. The van der Waals surface area contributed by atoms with Gasteiger partial charge in [-0.2, -0.15) is 0 Å². The van der Waals surface area contributed by atoms with Gasteiger partial charge in [-0.15, -0.1) is 0 Å². The first-order valence-electron chi connectivity index (χ1n) is 6.28. The Morgan fingerprint density at radius 1 is 1.45 bits per heavy atom. The molecule has 3 N–H and O–H groups in total. The number of nitrogens with two attached hydrogens (primary N) is 1. The van der Waals surface area contributed by atoms with Gasteiger partial charge in [0.05, 0.1) is 11.8 Å². The Morgan fingerprint density at radius 2 is 2.25 bits per heavy atom. The Morgan fingerprint density at radius 3 is 2.90 bits per heavy atom. The van der Waals surface area contributed by atoms with Crippen molar-refractivity contribution in [3.05, 3.63) is 35.7 Å². The van der Waals surface area contributed by atoms with Crippen LogP contribution in [0.5, 0.6) is 5.75 Å². The molecule has 0 radical (unpaired) electrons. The van der Waals surface area contributed by atoms with Crippen LogP contribution in [-0.4, -0.2) is 28.6 Å². The molecule has 5 nitrogen and oxygen atoms in total. The summed E-state index contributed by atoms with van der Waals surface area (Å²) in [6.07, 6.45) is -0.603. The summed E-state index contributed by atoms with van der Waals surface area (Å²) in [4.78, 5) is 4.24. The number of anilines is 1. The van der Waals surface area contributed by atoms with Crippen LogP contribution in [0.3, 0.4) is 0 Å². The van der Waals surface area contributed by atoms with E-state index in [4.69, 9.17) is 14.9 Å². The molecule has 6 heteroatoms. The topological polar surface area (TPSA) is 81.5 Å². The normalized spacial score (nSPS) is 12.3. The molecule has 0 bridgehead atoms. The molecular formula is C14H18N2O3S. The van der Waals surface area contributed by atoms with E-state index < -0.39 is 6.10 Å². The number of thioether (sulfide) groups is 1. The maximum atomic E-state index is 9.87. The molecule has 0 aliphatic heterocycles. The Labute approximate surface area is 122 Å². The average molecular weight is 294 g/mol. The Balaban J connectivity index is 1.76. The van der Waals surface area contributed by atoms with Crippen molar-refractivity contribution in [2.45, 2.75) is 25.2 Å². The molecule has 0 saturated carbocycles. The van der Waals surface area contributed by atoms with Gasteiger partial charge in [0.25, 0.3) is 5.22 Å². The smallest absolute Gasteiger partial charge is 0.256 e. The SMILES string of the molecule is Cc1nc(SCC(O)COc2cccc(N)c2)oc1C. The molecule has 0 aliphatic carbocycles. The fourth-order valence-corrected chi connectivity index (χ4v) is 2.33. The minimum Gasteiger partial charge on any atom is -0.491 e. The average Bonchev–Trinajstić information content (AvgIpc) is 2.73. The van der Waals surface area contributed by atoms with E-state index in [9.17, 15) is 5.11 Å². The van der Waals surface area contributed by atoms with Crippen LogP contribution in [0.4, 0.5) is 5.69 Å². The lowest BCUT2D eigenvalue weighted by Crippen LogP contribution is -2.20. The largest absolute Gasteiger partial charge is 0.491 e.